The van der Waals surface area contributed by atoms with Crippen LogP contribution in [0, 0.1) is 0 Å². The van der Waals surface area contributed by atoms with Crippen molar-refractivity contribution >= 4 is 5.91 Å². The van der Waals surface area contributed by atoms with Crippen molar-refractivity contribution in [3.05, 3.63) is 47.5 Å². The lowest BCUT2D eigenvalue weighted by molar-refractivity contribution is -0.132. The van der Waals surface area contributed by atoms with Crippen LogP contribution in [0.15, 0.2) is 30.6 Å². The Morgan fingerprint density at radius 1 is 1.32 bits per heavy atom. The van der Waals surface area contributed by atoms with Gasteiger partial charge in [-0.15, -0.1) is 0 Å². The van der Waals surface area contributed by atoms with Crippen LogP contribution in [0.4, 0.5) is 0 Å². The molecule has 0 radical (unpaired) electrons. The minimum absolute atomic E-state index is 0.226. The van der Waals surface area contributed by atoms with Crippen molar-refractivity contribution in [1.29, 1.82) is 0 Å². The van der Waals surface area contributed by atoms with Crippen LogP contribution in [-0.4, -0.2) is 32.1 Å². The summed E-state index contributed by atoms with van der Waals surface area (Å²) in [6, 6.07) is 6.13. The van der Waals surface area contributed by atoms with Gasteiger partial charge < -0.3 is 4.90 Å². The summed E-state index contributed by atoms with van der Waals surface area (Å²) in [5.41, 5.74) is 3.52. The van der Waals surface area contributed by atoms with Gasteiger partial charge in [-0.25, -0.2) is 0 Å². The second kappa shape index (κ2) is 5.55. The third-order valence-electron chi connectivity index (χ3n) is 4.52. The van der Waals surface area contributed by atoms with Crippen LogP contribution in [-0.2, 0) is 24.3 Å². The number of rotatable bonds is 4. The van der Waals surface area contributed by atoms with Gasteiger partial charge in [-0.3, -0.25) is 14.5 Å². The van der Waals surface area contributed by atoms with Crippen molar-refractivity contribution < 1.29 is 4.79 Å². The highest BCUT2D eigenvalue weighted by molar-refractivity contribution is 5.76. The summed E-state index contributed by atoms with van der Waals surface area (Å²) in [4.78, 5) is 18.5. The molecule has 3 heterocycles. The fraction of sp³-hybridized carbons (Fsp3) is 0.471. The van der Waals surface area contributed by atoms with Crippen LogP contribution < -0.4 is 0 Å². The van der Waals surface area contributed by atoms with Crippen LogP contribution in [0.5, 0.6) is 0 Å². The molecule has 0 saturated heterocycles. The Balaban J connectivity index is 1.37. The van der Waals surface area contributed by atoms with Crippen LogP contribution in [0.3, 0.4) is 0 Å². The number of hydrogen-bond donors (Lipinski definition) is 0. The van der Waals surface area contributed by atoms with Crippen LogP contribution >= 0.6 is 0 Å². The molecule has 1 saturated carbocycles. The fourth-order valence-corrected chi connectivity index (χ4v) is 3.04. The smallest absolute Gasteiger partial charge is 0.223 e. The Bertz CT molecular complexity index is 675. The van der Waals surface area contributed by atoms with Gasteiger partial charge in [0.1, 0.15) is 0 Å². The van der Waals surface area contributed by atoms with Crippen LogP contribution in [0.25, 0.3) is 0 Å². The van der Waals surface area contributed by atoms with E-state index in [1.54, 1.807) is 6.20 Å². The lowest BCUT2D eigenvalue weighted by Gasteiger charge is -2.27. The molecule has 0 unspecified atom stereocenters. The van der Waals surface area contributed by atoms with E-state index < -0.39 is 0 Å². The SMILES string of the molecule is O=C(CCc1cccnc1)N1CCn2nc(C3CC3)cc2C1. The van der Waals surface area contributed by atoms with Crippen molar-refractivity contribution in [1.82, 2.24) is 19.7 Å². The Labute approximate surface area is 130 Å². The monoisotopic (exact) mass is 296 g/mol. The zero-order valence-corrected chi connectivity index (χ0v) is 12.6. The largest absolute Gasteiger partial charge is 0.335 e. The average molecular weight is 296 g/mol. The maximum absolute atomic E-state index is 12.4. The lowest BCUT2D eigenvalue weighted by atomic mass is 10.1. The lowest BCUT2D eigenvalue weighted by Crippen LogP contribution is -2.38. The first kappa shape index (κ1) is 13.5. The summed E-state index contributed by atoms with van der Waals surface area (Å²) in [6.45, 7) is 2.29. The molecule has 0 bridgehead atoms. The molecule has 4 rings (SSSR count). The van der Waals surface area contributed by atoms with Crippen molar-refractivity contribution in [3.63, 3.8) is 0 Å². The first-order valence-corrected chi connectivity index (χ1v) is 8.03. The van der Waals surface area contributed by atoms with Gasteiger partial charge in [0.25, 0.3) is 0 Å². The molecule has 2 aromatic heterocycles. The summed E-state index contributed by atoms with van der Waals surface area (Å²) >= 11 is 0. The van der Waals surface area contributed by atoms with Crippen molar-refractivity contribution in [2.24, 2.45) is 0 Å². The second-order valence-corrected chi connectivity index (χ2v) is 6.23. The van der Waals surface area contributed by atoms with Gasteiger partial charge >= 0.3 is 0 Å². The molecule has 1 aliphatic heterocycles. The highest BCUT2D eigenvalue weighted by Gasteiger charge is 2.29. The van der Waals surface area contributed by atoms with E-state index in [9.17, 15) is 4.79 Å². The normalized spacial score (nSPS) is 17.4. The van der Waals surface area contributed by atoms with Crippen molar-refractivity contribution in [2.45, 2.75) is 44.7 Å². The Morgan fingerprint density at radius 2 is 2.23 bits per heavy atom. The van der Waals surface area contributed by atoms with E-state index in [4.69, 9.17) is 0 Å². The van der Waals surface area contributed by atoms with E-state index in [2.05, 4.69) is 20.8 Å². The first-order valence-electron chi connectivity index (χ1n) is 8.03. The highest BCUT2D eigenvalue weighted by atomic mass is 16.2. The maximum atomic E-state index is 12.4. The standard InChI is InChI=1S/C17H20N4O/c22-17(6-3-13-2-1-7-18-11-13)20-8-9-21-15(12-20)10-16(19-21)14-4-5-14/h1-2,7,10-11,14H,3-6,8-9,12H2. The predicted molar refractivity (Wildman–Crippen MR) is 82.2 cm³/mol. The highest BCUT2D eigenvalue weighted by Crippen LogP contribution is 2.39. The quantitative estimate of drug-likeness (QED) is 0.868. The third-order valence-corrected chi connectivity index (χ3v) is 4.52. The molecule has 1 amide bonds. The molecule has 5 heteroatoms. The van der Waals surface area contributed by atoms with Crippen molar-refractivity contribution in [3.8, 4) is 0 Å². The topological polar surface area (TPSA) is 51.0 Å². The van der Waals surface area contributed by atoms with Gasteiger partial charge in [0.15, 0.2) is 0 Å². The van der Waals surface area contributed by atoms with Gasteiger partial charge in [-0.05, 0) is 37.0 Å². The number of amides is 1. The molecule has 0 spiro atoms. The summed E-state index contributed by atoms with van der Waals surface area (Å²) in [6.07, 6.45) is 7.44. The molecule has 0 N–H and O–H groups in total. The van der Waals surface area contributed by atoms with Gasteiger partial charge in [-0.2, -0.15) is 5.10 Å². The minimum atomic E-state index is 0.226. The van der Waals surface area contributed by atoms with E-state index in [-0.39, 0.29) is 5.91 Å². The molecule has 1 aliphatic carbocycles. The Hall–Kier alpha value is -2.17. The van der Waals surface area contributed by atoms with Crippen molar-refractivity contribution in [2.75, 3.05) is 6.54 Å². The van der Waals surface area contributed by atoms with Gasteiger partial charge in [0.2, 0.25) is 5.91 Å². The minimum Gasteiger partial charge on any atom is -0.335 e. The molecule has 1 fully saturated rings. The molecular weight excluding hydrogens is 276 g/mol. The fourth-order valence-electron chi connectivity index (χ4n) is 3.04. The average Bonchev–Trinajstić information content (AvgIpc) is 3.32. The first-order chi connectivity index (χ1) is 10.8. The molecule has 0 atom stereocenters. The van der Waals surface area contributed by atoms with Gasteiger partial charge in [0, 0.05) is 31.3 Å². The molecule has 5 nitrogen and oxygen atoms in total. The number of aryl methyl sites for hydroxylation is 1. The van der Waals surface area contributed by atoms with E-state index in [1.165, 1.54) is 24.2 Å². The molecule has 2 aliphatic rings. The number of hydrogen-bond acceptors (Lipinski definition) is 3. The number of carbonyl (C=O) groups is 1. The molecule has 114 valence electrons. The summed E-state index contributed by atoms with van der Waals surface area (Å²) in [5.74, 6) is 0.900. The summed E-state index contributed by atoms with van der Waals surface area (Å²) in [7, 11) is 0. The van der Waals surface area contributed by atoms with E-state index in [1.807, 2.05) is 23.2 Å². The molecular formula is C17H20N4O. The van der Waals surface area contributed by atoms with Gasteiger partial charge in [0.05, 0.1) is 24.5 Å². The number of aromatic nitrogens is 3. The zero-order chi connectivity index (χ0) is 14.9. The summed E-state index contributed by atoms with van der Waals surface area (Å²) in [5, 5.41) is 4.67. The zero-order valence-electron chi connectivity index (χ0n) is 12.6. The maximum Gasteiger partial charge on any atom is 0.223 e. The van der Waals surface area contributed by atoms with Crippen LogP contribution in [0.2, 0.25) is 0 Å². The molecule has 2 aromatic rings. The number of pyridine rings is 1. The number of fused-ring (bicyclic) bond motifs is 1. The van der Waals surface area contributed by atoms with E-state index in [0.29, 0.717) is 18.9 Å². The summed E-state index contributed by atoms with van der Waals surface area (Å²) < 4.78 is 2.08. The van der Waals surface area contributed by atoms with Crippen LogP contribution in [0.1, 0.15) is 42.1 Å². The van der Waals surface area contributed by atoms with Gasteiger partial charge in [-0.1, -0.05) is 6.07 Å². The Kier molecular flexibility index (Phi) is 3.41. The Morgan fingerprint density at radius 3 is 3.00 bits per heavy atom. The number of nitrogens with zero attached hydrogens (tertiary/aromatic N) is 4. The predicted octanol–water partition coefficient (Wildman–Crippen LogP) is 2.13. The third kappa shape index (κ3) is 2.75. The second-order valence-electron chi connectivity index (χ2n) is 6.23. The van der Waals surface area contributed by atoms with E-state index >= 15 is 0 Å². The van der Waals surface area contributed by atoms with E-state index in [0.717, 1.165) is 25.1 Å². The molecule has 22 heavy (non-hydrogen) atoms. The molecule has 0 aromatic carbocycles. The number of carbonyl (C=O) groups excluding carboxylic acids is 1.